The van der Waals surface area contributed by atoms with Crippen LogP contribution in [0.25, 0.3) is 0 Å². The van der Waals surface area contributed by atoms with Crippen molar-refractivity contribution in [3.8, 4) is 5.75 Å². The van der Waals surface area contributed by atoms with Crippen molar-refractivity contribution in [2.24, 2.45) is 0 Å². The predicted molar refractivity (Wildman–Crippen MR) is 76.6 cm³/mol. The lowest BCUT2D eigenvalue weighted by atomic mass is 10.2. The zero-order valence-corrected chi connectivity index (χ0v) is 13.4. The van der Waals surface area contributed by atoms with Gasteiger partial charge in [-0.05, 0) is 56.5 Å². The van der Waals surface area contributed by atoms with Crippen molar-refractivity contribution < 1.29 is 9.47 Å². The SMILES string of the molecule is COc1c(Br)cc(CNCC(C)OC)cc1Br. The first-order chi connectivity index (χ1) is 8.08. The quantitative estimate of drug-likeness (QED) is 0.837. The van der Waals surface area contributed by atoms with Gasteiger partial charge in [-0.2, -0.15) is 0 Å². The first-order valence-corrected chi connectivity index (χ1v) is 6.92. The number of ether oxygens (including phenoxy) is 2. The van der Waals surface area contributed by atoms with E-state index in [-0.39, 0.29) is 6.10 Å². The molecule has 0 fully saturated rings. The second kappa shape index (κ2) is 7.36. The van der Waals surface area contributed by atoms with Crippen LogP contribution >= 0.6 is 31.9 Å². The Morgan fingerprint density at radius 2 is 1.82 bits per heavy atom. The van der Waals surface area contributed by atoms with Crippen LogP contribution in [-0.4, -0.2) is 26.9 Å². The van der Waals surface area contributed by atoms with Gasteiger partial charge in [0.15, 0.2) is 0 Å². The predicted octanol–water partition coefficient (Wildman–Crippen LogP) is 3.34. The maximum atomic E-state index is 5.26. The maximum Gasteiger partial charge on any atom is 0.147 e. The summed E-state index contributed by atoms with van der Waals surface area (Å²) in [5, 5.41) is 3.34. The smallest absolute Gasteiger partial charge is 0.147 e. The summed E-state index contributed by atoms with van der Waals surface area (Å²) in [6, 6.07) is 4.10. The van der Waals surface area contributed by atoms with Crippen molar-refractivity contribution in [3.05, 3.63) is 26.6 Å². The lowest BCUT2D eigenvalue weighted by molar-refractivity contribution is 0.117. The van der Waals surface area contributed by atoms with E-state index in [0.717, 1.165) is 27.8 Å². The molecule has 0 radical (unpaired) electrons. The van der Waals surface area contributed by atoms with Crippen LogP contribution in [0.4, 0.5) is 0 Å². The van der Waals surface area contributed by atoms with Crippen molar-refractivity contribution in [2.75, 3.05) is 20.8 Å². The minimum absolute atomic E-state index is 0.222. The maximum absolute atomic E-state index is 5.26. The molecule has 0 aliphatic carbocycles. The molecule has 1 N–H and O–H groups in total. The highest BCUT2D eigenvalue weighted by atomic mass is 79.9. The molecule has 0 aliphatic rings. The zero-order chi connectivity index (χ0) is 12.8. The summed E-state index contributed by atoms with van der Waals surface area (Å²) in [5.41, 5.74) is 1.19. The van der Waals surface area contributed by atoms with Gasteiger partial charge in [-0.15, -0.1) is 0 Å². The largest absolute Gasteiger partial charge is 0.494 e. The molecule has 0 aromatic heterocycles. The second-order valence-electron chi connectivity index (χ2n) is 3.77. The Bertz CT molecular complexity index is 349. The van der Waals surface area contributed by atoms with E-state index < -0.39 is 0 Å². The third-order valence-electron chi connectivity index (χ3n) is 2.43. The zero-order valence-electron chi connectivity index (χ0n) is 10.2. The molecule has 1 aromatic rings. The summed E-state index contributed by atoms with van der Waals surface area (Å²) in [7, 11) is 3.37. The summed E-state index contributed by atoms with van der Waals surface area (Å²) < 4.78 is 12.3. The Labute approximate surface area is 119 Å². The molecule has 1 rings (SSSR count). The normalized spacial score (nSPS) is 12.5. The van der Waals surface area contributed by atoms with Crippen molar-refractivity contribution in [3.63, 3.8) is 0 Å². The molecule has 1 unspecified atom stereocenters. The van der Waals surface area contributed by atoms with Crippen LogP contribution in [0.3, 0.4) is 0 Å². The number of nitrogens with one attached hydrogen (secondary N) is 1. The number of methoxy groups -OCH3 is 2. The minimum Gasteiger partial charge on any atom is -0.494 e. The van der Waals surface area contributed by atoms with Crippen LogP contribution in [-0.2, 0) is 11.3 Å². The van der Waals surface area contributed by atoms with Gasteiger partial charge in [0.25, 0.3) is 0 Å². The van der Waals surface area contributed by atoms with E-state index >= 15 is 0 Å². The average molecular weight is 367 g/mol. The molecule has 5 heteroatoms. The van der Waals surface area contributed by atoms with Gasteiger partial charge in [0.05, 0.1) is 22.2 Å². The van der Waals surface area contributed by atoms with Crippen LogP contribution in [0.1, 0.15) is 12.5 Å². The third-order valence-corrected chi connectivity index (χ3v) is 3.60. The molecular formula is C12H17Br2NO2. The van der Waals surface area contributed by atoms with E-state index in [1.54, 1.807) is 14.2 Å². The molecule has 0 saturated heterocycles. The topological polar surface area (TPSA) is 30.5 Å². The summed E-state index contributed by atoms with van der Waals surface area (Å²) >= 11 is 6.97. The molecule has 3 nitrogen and oxygen atoms in total. The number of hydrogen-bond donors (Lipinski definition) is 1. The average Bonchev–Trinajstić information content (AvgIpc) is 2.28. The minimum atomic E-state index is 0.222. The summed E-state index contributed by atoms with van der Waals surface area (Å²) in [6.07, 6.45) is 0.222. The molecule has 0 spiro atoms. The van der Waals surface area contributed by atoms with Gasteiger partial charge in [0, 0.05) is 20.2 Å². The van der Waals surface area contributed by atoms with Gasteiger partial charge < -0.3 is 14.8 Å². The van der Waals surface area contributed by atoms with Crippen molar-refractivity contribution in [1.82, 2.24) is 5.32 Å². The third kappa shape index (κ3) is 4.58. The molecule has 0 saturated carbocycles. The van der Waals surface area contributed by atoms with Crippen LogP contribution in [0.2, 0.25) is 0 Å². The molecule has 0 heterocycles. The summed E-state index contributed by atoms with van der Waals surface area (Å²) in [5.74, 6) is 0.819. The van der Waals surface area contributed by atoms with Crippen molar-refractivity contribution in [1.29, 1.82) is 0 Å². The Kier molecular flexibility index (Phi) is 6.48. The highest BCUT2D eigenvalue weighted by molar-refractivity contribution is 9.11. The van der Waals surface area contributed by atoms with E-state index in [2.05, 4.69) is 37.2 Å². The van der Waals surface area contributed by atoms with E-state index in [1.165, 1.54) is 5.56 Å². The Morgan fingerprint density at radius 3 is 2.29 bits per heavy atom. The van der Waals surface area contributed by atoms with Gasteiger partial charge in [-0.1, -0.05) is 0 Å². The first kappa shape index (κ1) is 15.0. The number of hydrogen-bond acceptors (Lipinski definition) is 3. The fourth-order valence-corrected chi connectivity index (χ4v) is 3.02. The Morgan fingerprint density at radius 1 is 1.24 bits per heavy atom. The molecule has 0 bridgehead atoms. The Balaban J connectivity index is 2.61. The molecule has 0 amide bonds. The first-order valence-electron chi connectivity index (χ1n) is 5.34. The van der Waals surface area contributed by atoms with Crippen molar-refractivity contribution >= 4 is 31.9 Å². The molecule has 1 aromatic carbocycles. The highest BCUT2D eigenvalue weighted by Gasteiger charge is 2.07. The van der Waals surface area contributed by atoms with E-state index in [0.29, 0.717) is 0 Å². The Hall–Kier alpha value is -0.100. The number of rotatable bonds is 6. The van der Waals surface area contributed by atoms with Gasteiger partial charge >= 0.3 is 0 Å². The summed E-state index contributed by atoms with van der Waals surface area (Å²) in [4.78, 5) is 0. The van der Waals surface area contributed by atoms with Crippen molar-refractivity contribution in [2.45, 2.75) is 19.6 Å². The highest BCUT2D eigenvalue weighted by Crippen LogP contribution is 2.34. The van der Waals surface area contributed by atoms with Crippen LogP contribution in [0, 0.1) is 0 Å². The van der Waals surface area contributed by atoms with E-state index in [9.17, 15) is 0 Å². The fraction of sp³-hybridized carbons (Fsp3) is 0.500. The second-order valence-corrected chi connectivity index (χ2v) is 5.48. The standard InChI is InChI=1S/C12H17Br2NO2/c1-8(16-2)6-15-7-9-4-10(13)12(17-3)11(14)5-9/h4-5,8,15H,6-7H2,1-3H3. The van der Waals surface area contributed by atoms with E-state index in [1.807, 2.05) is 19.1 Å². The van der Waals surface area contributed by atoms with Crippen LogP contribution in [0.5, 0.6) is 5.75 Å². The van der Waals surface area contributed by atoms with E-state index in [4.69, 9.17) is 9.47 Å². The van der Waals surface area contributed by atoms with Gasteiger partial charge in [0.2, 0.25) is 0 Å². The monoisotopic (exact) mass is 365 g/mol. The van der Waals surface area contributed by atoms with Gasteiger partial charge in [0.1, 0.15) is 5.75 Å². The lowest BCUT2D eigenvalue weighted by Crippen LogP contribution is -2.25. The van der Waals surface area contributed by atoms with Crippen LogP contribution in [0.15, 0.2) is 21.1 Å². The lowest BCUT2D eigenvalue weighted by Gasteiger charge is -2.12. The number of halogens is 2. The number of benzene rings is 1. The summed E-state index contributed by atoms with van der Waals surface area (Å²) in [6.45, 7) is 3.67. The van der Waals surface area contributed by atoms with Gasteiger partial charge in [-0.25, -0.2) is 0 Å². The molecule has 1 atom stereocenters. The fourth-order valence-electron chi connectivity index (χ4n) is 1.41. The molecule has 0 aliphatic heterocycles. The molecule has 17 heavy (non-hydrogen) atoms. The van der Waals surface area contributed by atoms with Gasteiger partial charge in [-0.3, -0.25) is 0 Å². The molecule has 96 valence electrons. The molecular weight excluding hydrogens is 350 g/mol. The van der Waals surface area contributed by atoms with Crippen LogP contribution < -0.4 is 10.1 Å².